The van der Waals surface area contributed by atoms with E-state index in [1.165, 1.54) is 87.7 Å². The van der Waals surface area contributed by atoms with Gasteiger partial charge in [-0.25, -0.2) is 0 Å². The summed E-state index contributed by atoms with van der Waals surface area (Å²) in [5.74, 6) is 0. The van der Waals surface area contributed by atoms with Gasteiger partial charge in [0.05, 0.1) is 0 Å². The molecule has 1 fully saturated rings. The molecule has 0 nitrogen and oxygen atoms in total. The topological polar surface area (TPSA) is 0 Å². The Kier molecular flexibility index (Phi) is 11.6. The summed E-state index contributed by atoms with van der Waals surface area (Å²) in [6.45, 7) is 17.4. The van der Waals surface area contributed by atoms with Crippen molar-refractivity contribution in [2.45, 2.75) is 98.3 Å². The summed E-state index contributed by atoms with van der Waals surface area (Å²) in [6.07, 6.45) is 6.67. The Morgan fingerprint density at radius 2 is 0.667 bits per heavy atom. The first-order valence-corrected chi connectivity index (χ1v) is 16.8. The Balaban J connectivity index is 0.000000162. The zero-order valence-electron chi connectivity index (χ0n) is 29.1. The standard InChI is InChI=1S/C20H24.C14H14.C11H16/c1-16-6-10-18(11-7-16)20(14-4-3-5-15-20)19-12-8-17(2)9-13-19;1-11-3-7-13(8-4-11)14-9-5-12(2)6-10-14;1-9-5-7-10(8-6-9)11(2,3)4/h6-13H,3-5,14-15H2,1-2H3;3-10H,1-2H3;5-8H,1-4H3. The van der Waals surface area contributed by atoms with Crippen LogP contribution < -0.4 is 0 Å². The van der Waals surface area contributed by atoms with Gasteiger partial charge in [0.25, 0.3) is 0 Å². The van der Waals surface area contributed by atoms with E-state index in [0.717, 1.165) is 0 Å². The third-order valence-corrected chi connectivity index (χ3v) is 9.27. The van der Waals surface area contributed by atoms with E-state index in [9.17, 15) is 0 Å². The average molecular weight is 595 g/mol. The molecule has 6 rings (SSSR count). The zero-order valence-corrected chi connectivity index (χ0v) is 29.1. The first-order valence-electron chi connectivity index (χ1n) is 16.8. The van der Waals surface area contributed by atoms with Crippen LogP contribution in [0.25, 0.3) is 11.1 Å². The molecular formula is C45H54. The molecule has 0 radical (unpaired) electrons. The van der Waals surface area contributed by atoms with Crippen LogP contribution >= 0.6 is 0 Å². The Hall–Kier alpha value is -3.90. The second-order valence-electron chi connectivity index (χ2n) is 14.2. The largest absolute Gasteiger partial charge is 0.0590 e. The molecule has 0 bridgehead atoms. The molecule has 0 saturated heterocycles. The van der Waals surface area contributed by atoms with Gasteiger partial charge in [-0.05, 0) is 80.7 Å². The van der Waals surface area contributed by atoms with Gasteiger partial charge in [-0.15, -0.1) is 0 Å². The molecule has 0 N–H and O–H groups in total. The highest BCUT2D eigenvalue weighted by Crippen LogP contribution is 2.45. The van der Waals surface area contributed by atoms with Crippen LogP contribution in [0.2, 0.25) is 0 Å². The molecular weight excluding hydrogens is 540 g/mol. The molecule has 0 aromatic heterocycles. The fourth-order valence-electron chi connectivity index (χ4n) is 6.19. The van der Waals surface area contributed by atoms with Crippen molar-refractivity contribution in [1.29, 1.82) is 0 Å². The fourth-order valence-corrected chi connectivity index (χ4v) is 6.19. The van der Waals surface area contributed by atoms with Gasteiger partial charge in [0, 0.05) is 5.41 Å². The number of hydrogen-bond acceptors (Lipinski definition) is 0. The lowest BCUT2D eigenvalue weighted by Crippen LogP contribution is -2.30. The lowest BCUT2D eigenvalue weighted by molar-refractivity contribution is 0.346. The van der Waals surface area contributed by atoms with Crippen LogP contribution in [-0.2, 0) is 10.8 Å². The molecule has 1 aliphatic carbocycles. The van der Waals surface area contributed by atoms with Gasteiger partial charge in [-0.3, -0.25) is 0 Å². The first kappa shape index (κ1) is 34.0. The van der Waals surface area contributed by atoms with Crippen molar-refractivity contribution in [3.63, 3.8) is 0 Å². The van der Waals surface area contributed by atoms with E-state index in [2.05, 4.69) is 177 Å². The molecule has 0 atom stereocenters. The monoisotopic (exact) mass is 594 g/mol. The van der Waals surface area contributed by atoms with Crippen molar-refractivity contribution >= 4 is 0 Å². The SMILES string of the molecule is Cc1ccc(-c2ccc(C)cc2)cc1.Cc1ccc(C(C)(C)C)cc1.Cc1ccc(C2(c3ccc(C)cc3)CCCCC2)cc1. The van der Waals surface area contributed by atoms with E-state index in [1.54, 1.807) is 0 Å². The number of hydrogen-bond donors (Lipinski definition) is 0. The van der Waals surface area contributed by atoms with Gasteiger partial charge in [0.1, 0.15) is 0 Å². The summed E-state index contributed by atoms with van der Waals surface area (Å²) in [5, 5.41) is 0. The molecule has 0 spiro atoms. The quantitative estimate of drug-likeness (QED) is 0.195. The summed E-state index contributed by atoms with van der Waals surface area (Å²) in [4.78, 5) is 0. The second kappa shape index (κ2) is 15.4. The summed E-state index contributed by atoms with van der Waals surface area (Å²) in [6, 6.07) is 44.4. The van der Waals surface area contributed by atoms with Crippen LogP contribution in [0.3, 0.4) is 0 Å². The minimum absolute atomic E-state index is 0.250. The predicted octanol–water partition coefficient (Wildman–Crippen LogP) is 12.8. The molecule has 0 amide bonds. The van der Waals surface area contributed by atoms with Gasteiger partial charge in [-0.1, -0.05) is 189 Å². The van der Waals surface area contributed by atoms with E-state index < -0.39 is 0 Å². The second-order valence-corrected chi connectivity index (χ2v) is 14.2. The number of rotatable bonds is 3. The normalized spacial score (nSPS) is 14.0. The molecule has 45 heavy (non-hydrogen) atoms. The zero-order chi connectivity index (χ0) is 32.5. The van der Waals surface area contributed by atoms with Crippen molar-refractivity contribution in [3.05, 3.63) is 166 Å². The fraction of sp³-hybridized carbons (Fsp3) is 0.333. The molecule has 234 valence electrons. The molecule has 1 saturated carbocycles. The smallest absolute Gasteiger partial charge is 0.0202 e. The number of aryl methyl sites for hydroxylation is 5. The Morgan fingerprint density at radius 3 is 0.978 bits per heavy atom. The maximum atomic E-state index is 2.35. The lowest BCUT2D eigenvalue weighted by atomic mass is 9.65. The third-order valence-electron chi connectivity index (χ3n) is 9.27. The average Bonchev–Trinajstić information content (AvgIpc) is 3.03. The maximum absolute atomic E-state index is 2.35. The molecule has 5 aromatic rings. The highest BCUT2D eigenvalue weighted by molar-refractivity contribution is 5.63. The van der Waals surface area contributed by atoms with Gasteiger partial charge < -0.3 is 0 Å². The van der Waals surface area contributed by atoms with Gasteiger partial charge in [-0.2, -0.15) is 0 Å². The molecule has 0 heteroatoms. The molecule has 5 aromatic carbocycles. The minimum atomic E-state index is 0.250. The first-order chi connectivity index (χ1) is 21.5. The van der Waals surface area contributed by atoms with Crippen LogP contribution in [0, 0.1) is 34.6 Å². The Labute approximate surface area is 274 Å². The van der Waals surface area contributed by atoms with E-state index >= 15 is 0 Å². The van der Waals surface area contributed by atoms with Crippen LogP contribution in [0.1, 0.15) is 97.4 Å². The van der Waals surface area contributed by atoms with Gasteiger partial charge in [0.15, 0.2) is 0 Å². The summed E-state index contributed by atoms with van der Waals surface area (Å²) < 4.78 is 0. The van der Waals surface area contributed by atoms with E-state index in [-0.39, 0.29) is 10.8 Å². The van der Waals surface area contributed by atoms with E-state index in [4.69, 9.17) is 0 Å². The van der Waals surface area contributed by atoms with Crippen molar-refractivity contribution in [2.24, 2.45) is 0 Å². The molecule has 0 heterocycles. The highest BCUT2D eigenvalue weighted by atomic mass is 14.4. The van der Waals surface area contributed by atoms with Crippen molar-refractivity contribution in [1.82, 2.24) is 0 Å². The number of benzene rings is 5. The van der Waals surface area contributed by atoms with Crippen molar-refractivity contribution in [2.75, 3.05) is 0 Å². The maximum Gasteiger partial charge on any atom is 0.0202 e. The predicted molar refractivity (Wildman–Crippen MR) is 197 cm³/mol. The Bertz CT molecular complexity index is 1480. The van der Waals surface area contributed by atoms with Crippen molar-refractivity contribution < 1.29 is 0 Å². The molecule has 1 aliphatic rings. The molecule has 0 aliphatic heterocycles. The van der Waals surface area contributed by atoms with Crippen molar-refractivity contribution in [3.8, 4) is 11.1 Å². The summed E-state index contributed by atoms with van der Waals surface area (Å²) in [5.41, 5.74) is 14.2. The van der Waals surface area contributed by atoms with Crippen LogP contribution in [0.5, 0.6) is 0 Å². The van der Waals surface area contributed by atoms with E-state index in [1.807, 2.05) is 0 Å². The van der Waals surface area contributed by atoms with Gasteiger partial charge >= 0.3 is 0 Å². The summed E-state index contributed by atoms with van der Waals surface area (Å²) >= 11 is 0. The lowest BCUT2D eigenvalue weighted by Gasteiger charge is -2.38. The van der Waals surface area contributed by atoms with Crippen LogP contribution in [0.15, 0.2) is 121 Å². The van der Waals surface area contributed by atoms with Gasteiger partial charge in [0.2, 0.25) is 0 Å². The molecule has 0 unspecified atom stereocenters. The minimum Gasteiger partial charge on any atom is -0.0590 e. The van der Waals surface area contributed by atoms with Crippen LogP contribution in [-0.4, -0.2) is 0 Å². The van der Waals surface area contributed by atoms with E-state index in [0.29, 0.717) is 0 Å². The third kappa shape index (κ3) is 9.54. The summed E-state index contributed by atoms with van der Waals surface area (Å²) in [7, 11) is 0. The van der Waals surface area contributed by atoms with Crippen LogP contribution in [0.4, 0.5) is 0 Å². The highest BCUT2D eigenvalue weighted by Gasteiger charge is 2.35. The Morgan fingerprint density at radius 1 is 0.378 bits per heavy atom.